The van der Waals surface area contributed by atoms with Crippen LogP contribution in [0.4, 0.5) is 0 Å². The second-order valence-corrected chi connectivity index (χ2v) is 23.1. The van der Waals surface area contributed by atoms with Gasteiger partial charge in [-0.25, -0.2) is 42.4 Å². The highest BCUT2D eigenvalue weighted by Crippen LogP contribution is 2.34. The van der Waals surface area contributed by atoms with Gasteiger partial charge in [0.1, 0.15) is 103 Å². The summed E-state index contributed by atoms with van der Waals surface area (Å²) in [7, 11) is 10.5. The number of para-hydroxylation sites is 3. The van der Waals surface area contributed by atoms with Gasteiger partial charge in [0.15, 0.2) is 58.7 Å². The van der Waals surface area contributed by atoms with Crippen molar-refractivity contribution in [3.05, 3.63) is 261 Å². The lowest BCUT2D eigenvalue weighted by Crippen LogP contribution is -2.34. The standard InChI is InChI=1S/C19H14N4.C16H15N3.C16H14N3.C10H10N3.C10H11N3/c1-21-10-8-12-11-22-13-5-2-3-6-14(13)23-15-7-4-9-20-17(15)18(21)16(12)19(22)23;1-17-9-5-6-13-10-19-12-18(11-15(19)16(13)17)14-7-3-2-4-8-14;1-18-9-5-8-13-11-19-14(10-17-16(19)15(13)18)12-6-3-2-4-7-12;1-12-5-2-3-8-7-13-6-4-11-10(13)9(8)12;1-11-6-7-13-8-12-5-3-2-4-9(12)10(11)13/h2-10H,11H2,1H3;2-9,11-12H,10H2,1H3;2-10H,11H2,1H3;2-6H,7H2,1H3;2-7H,8H2,1H3/q2*+2;2*+1;+2/p+2. The Hall–Kier alpha value is -11.1. The van der Waals surface area contributed by atoms with E-state index in [0.717, 1.165) is 38.4 Å². The van der Waals surface area contributed by atoms with Gasteiger partial charge in [-0.3, -0.25) is 0 Å². The van der Waals surface area contributed by atoms with E-state index in [-0.39, 0.29) is 0 Å². The molecule has 0 saturated heterocycles. The van der Waals surface area contributed by atoms with Gasteiger partial charge in [-0.15, -0.1) is 0 Å². The number of aromatic amines is 2. The molecule has 15 aromatic rings. The van der Waals surface area contributed by atoms with E-state index in [1.807, 2.05) is 24.5 Å². The largest absolute Gasteiger partial charge is 0.359 e. The van der Waals surface area contributed by atoms with Crippen molar-refractivity contribution in [2.45, 2.75) is 32.8 Å². The molecule has 0 bridgehead atoms. The summed E-state index contributed by atoms with van der Waals surface area (Å²) in [5.41, 5.74) is 22.9. The van der Waals surface area contributed by atoms with E-state index in [9.17, 15) is 0 Å². The molecule has 0 unspecified atom stereocenters. The number of benzene rings is 3. The predicted octanol–water partition coefficient (Wildman–Crippen LogP) is 5.95. The quantitative estimate of drug-likeness (QED) is 0.163. The second-order valence-electron chi connectivity index (χ2n) is 23.1. The van der Waals surface area contributed by atoms with Crippen LogP contribution in [-0.4, -0.2) is 28.5 Å². The molecule has 0 spiro atoms. The number of hydrogen-bond donors (Lipinski definition) is 2. The Labute approximate surface area is 502 Å². The molecule has 12 aromatic heterocycles. The van der Waals surface area contributed by atoms with Crippen molar-refractivity contribution in [1.29, 1.82) is 0 Å². The van der Waals surface area contributed by atoms with Crippen LogP contribution in [0.25, 0.3) is 102 Å². The maximum Gasteiger partial charge on any atom is 0.359 e. The summed E-state index contributed by atoms with van der Waals surface area (Å²) >= 11 is 0. The molecular weight excluding hydrogens is 1080 g/mol. The Bertz CT molecular complexity index is 5200. The van der Waals surface area contributed by atoms with Crippen LogP contribution < -0.4 is 45.7 Å². The van der Waals surface area contributed by atoms with E-state index < -0.39 is 0 Å². The van der Waals surface area contributed by atoms with Crippen LogP contribution in [0, 0.1) is 0 Å². The van der Waals surface area contributed by atoms with E-state index in [1.165, 1.54) is 118 Å². The van der Waals surface area contributed by atoms with Gasteiger partial charge in [-0.2, -0.15) is 31.8 Å². The van der Waals surface area contributed by atoms with Crippen LogP contribution in [0.2, 0.25) is 0 Å². The number of aryl methyl sites for hydroxylation is 5. The summed E-state index contributed by atoms with van der Waals surface area (Å²) in [5, 5.41) is 1.33. The van der Waals surface area contributed by atoms with Gasteiger partial charge in [0.25, 0.3) is 23.6 Å². The lowest BCUT2D eigenvalue weighted by atomic mass is 10.1. The Morgan fingerprint density at radius 1 is 0.471 bits per heavy atom. The summed E-state index contributed by atoms with van der Waals surface area (Å²) in [6, 6.07) is 55.2. The zero-order chi connectivity index (χ0) is 58.4. The molecule has 0 radical (unpaired) electrons. The first-order valence-electron chi connectivity index (χ1n) is 29.6. The molecule has 420 valence electrons. The molecule has 0 saturated carbocycles. The highest BCUT2D eigenvalue weighted by Gasteiger charge is 2.39. The zero-order valence-corrected chi connectivity index (χ0v) is 49.3. The Kier molecular flexibility index (Phi) is 12.2. The Morgan fingerprint density at radius 2 is 1.15 bits per heavy atom. The number of imidazole rings is 5. The lowest BCUT2D eigenvalue weighted by molar-refractivity contribution is -0.691. The molecule has 0 atom stereocenters. The normalized spacial score (nSPS) is 12.7. The highest BCUT2D eigenvalue weighted by atomic mass is 15.3. The van der Waals surface area contributed by atoms with Gasteiger partial charge in [0.2, 0.25) is 12.0 Å². The molecule has 0 aliphatic carbocycles. The fraction of sp³-hybridized carbons (Fsp3) is 0.141. The number of pyridine rings is 7. The second kappa shape index (κ2) is 20.6. The summed E-state index contributed by atoms with van der Waals surface area (Å²) in [4.78, 5) is 11.4. The summed E-state index contributed by atoms with van der Waals surface area (Å²) in [6.07, 6.45) is 27.2. The van der Waals surface area contributed by atoms with E-state index in [0.29, 0.717) is 0 Å². The van der Waals surface area contributed by atoms with Crippen molar-refractivity contribution in [3.63, 3.8) is 0 Å². The number of H-pyrrole nitrogens is 2. The molecule has 5 aliphatic rings. The maximum atomic E-state index is 4.72. The number of nitrogens with zero attached hydrogens (tertiary/aromatic N) is 14. The van der Waals surface area contributed by atoms with Crippen molar-refractivity contribution in [2.75, 3.05) is 0 Å². The SMILES string of the molecule is C[n+]1ccc2c3c1c1ncccc1n1c4ccccc4[n+](c31)C2.C[n+]1cccc2c1-c1[nH]cc(-c3ccccc3)[n+]1C2.C[n+]1cccc2c1-c1[nH]cc[n+]1C2.C[n+]1cccc2c1-c1cn(-c3ccccc3)c[n+]1C2.C[n+]1ccn2c1-c1cccc[n+]1C2. The summed E-state index contributed by atoms with van der Waals surface area (Å²) < 4.78 is 29.2. The summed E-state index contributed by atoms with van der Waals surface area (Å²) in [6.45, 7) is 4.75. The van der Waals surface area contributed by atoms with Crippen molar-refractivity contribution in [3.8, 4) is 62.9 Å². The molecule has 2 N–H and O–H groups in total. The molecular formula is C71H66N16+10. The molecule has 16 nitrogen and oxygen atoms in total. The first-order valence-corrected chi connectivity index (χ1v) is 29.6. The van der Waals surface area contributed by atoms with Crippen molar-refractivity contribution in [1.82, 2.24) is 28.5 Å². The van der Waals surface area contributed by atoms with Gasteiger partial charge in [0.05, 0.1) is 23.7 Å². The van der Waals surface area contributed by atoms with Crippen molar-refractivity contribution >= 4 is 38.6 Å². The first kappa shape index (κ1) is 51.5. The number of aromatic nitrogens is 16. The number of fused-ring (bicyclic) bond motifs is 18. The summed E-state index contributed by atoms with van der Waals surface area (Å²) in [5.74, 6) is 3.68. The van der Waals surface area contributed by atoms with Crippen LogP contribution in [-0.2, 0) is 68.1 Å². The lowest BCUT2D eigenvalue weighted by Gasteiger charge is -2.01. The first-order chi connectivity index (χ1) is 42.7. The predicted molar refractivity (Wildman–Crippen MR) is 325 cm³/mol. The van der Waals surface area contributed by atoms with Gasteiger partial charge >= 0.3 is 34.5 Å². The van der Waals surface area contributed by atoms with Gasteiger partial charge < -0.3 is 0 Å². The third-order valence-corrected chi connectivity index (χ3v) is 17.8. The fourth-order valence-electron chi connectivity index (χ4n) is 13.8. The zero-order valence-electron chi connectivity index (χ0n) is 49.3. The Morgan fingerprint density at radius 3 is 1.95 bits per heavy atom. The molecule has 87 heavy (non-hydrogen) atoms. The minimum Gasteiger partial charge on any atom is -0.246 e. The van der Waals surface area contributed by atoms with Crippen LogP contribution in [0.3, 0.4) is 0 Å². The maximum absolute atomic E-state index is 4.72. The smallest absolute Gasteiger partial charge is 0.246 e. The molecule has 17 heterocycles. The Balaban J connectivity index is 0.0000000894. The average molecular weight is 1140 g/mol. The molecule has 0 amide bonds. The number of rotatable bonds is 2. The van der Waals surface area contributed by atoms with Crippen molar-refractivity contribution < 1.29 is 45.7 Å². The minimum atomic E-state index is 0.931. The van der Waals surface area contributed by atoms with Crippen LogP contribution in [0.1, 0.15) is 22.3 Å². The van der Waals surface area contributed by atoms with Crippen LogP contribution >= 0.6 is 0 Å². The van der Waals surface area contributed by atoms with Gasteiger partial charge in [0, 0.05) is 53.7 Å². The molecule has 5 aliphatic heterocycles. The monoisotopic (exact) mass is 1140 g/mol. The van der Waals surface area contributed by atoms with Crippen molar-refractivity contribution in [2.24, 2.45) is 35.2 Å². The van der Waals surface area contributed by atoms with E-state index in [1.54, 1.807) is 0 Å². The minimum absolute atomic E-state index is 0.931. The molecule has 0 fully saturated rings. The number of nitrogens with one attached hydrogen (secondary N) is 2. The highest BCUT2D eigenvalue weighted by molar-refractivity contribution is 6.09. The van der Waals surface area contributed by atoms with E-state index in [2.05, 4.69) is 318 Å². The van der Waals surface area contributed by atoms with Gasteiger partial charge in [-0.05, 0) is 60.7 Å². The van der Waals surface area contributed by atoms with Gasteiger partial charge in [-0.1, -0.05) is 60.7 Å². The average Bonchev–Trinajstić information content (AvgIpc) is 1.64. The molecule has 3 aromatic carbocycles. The molecule has 20 rings (SSSR count). The van der Waals surface area contributed by atoms with Crippen LogP contribution in [0.15, 0.2) is 238 Å². The van der Waals surface area contributed by atoms with Crippen LogP contribution in [0.5, 0.6) is 0 Å². The number of hydrogen-bond acceptors (Lipinski definition) is 1. The fourth-order valence-corrected chi connectivity index (χ4v) is 13.8. The molecule has 16 heteroatoms. The third kappa shape index (κ3) is 8.45. The van der Waals surface area contributed by atoms with E-state index >= 15 is 0 Å². The third-order valence-electron chi connectivity index (χ3n) is 17.8. The van der Waals surface area contributed by atoms with E-state index in [4.69, 9.17) is 4.98 Å². The topological polar surface area (TPSA) is 97.5 Å².